The van der Waals surface area contributed by atoms with E-state index >= 15 is 0 Å². The van der Waals surface area contributed by atoms with Crippen LogP contribution in [0.25, 0.3) is 0 Å². The van der Waals surface area contributed by atoms with Crippen LogP contribution in [0.5, 0.6) is 0 Å². The third kappa shape index (κ3) is 4.55. The fourth-order valence-corrected chi connectivity index (χ4v) is 2.04. The fraction of sp³-hybridized carbons (Fsp3) is 0.462. The molecule has 100 valence electrons. The number of amidine groups is 1. The lowest BCUT2D eigenvalue weighted by Gasteiger charge is -2.22. The van der Waals surface area contributed by atoms with Gasteiger partial charge in [0, 0.05) is 23.5 Å². The molecule has 1 aromatic rings. The lowest BCUT2D eigenvalue weighted by Crippen LogP contribution is -2.34. The van der Waals surface area contributed by atoms with Crippen molar-refractivity contribution < 1.29 is 5.21 Å². The van der Waals surface area contributed by atoms with Crippen LogP contribution in [0.4, 0.5) is 0 Å². The summed E-state index contributed by atoms with van der Waals surface area (Å²) in [5, 5.41) is 15.8. The molecule has 0 aliphatic carbocycles. The first-order valence-corrected chi connectivity index (χ1v) is 6.42. The van der Waals surface area contributed by atoms with Crippen molar-refractivity contribution in [3.05, 3.63) is 34.9 Å². The van der Waals surface area contributed by atoms with Crippen LogP contribution >= 0.6 is 11.6 Å². The van der Waals surface area contributed by atoms with Gasteiger partial charge in [-0.25, -0.2) is 0 Å². The Labute approximate surface area is 113 Å². The molecule has 0 heterocycles. The molecule has 2 atom stereocenters. The summed E-state index contributed by atoms with van der Waals surface area (Å²) in [6, 6.07) is 8.09. The van der Waals surface area contributed by atoms with E-state index in [1.54, 1.807) is 0 Å². The Morgan fingerprint density at radius 3 is 2.83 bits per heavy atom. The predicted octanol–water partition coefficient (Wildman–Crippen LogP) is 2.91. The van der Waals surface area contributed by atoms with Crippen molar-refractivity contribution in [3.63, 3.8) is 0 Å². The quantitative estimate of drug-likeness (QED) is 0.322. The lowest BCUT2D eigenvalue weighted by atomic mass is 10.0. The van der Waals surface area contributed by atoms with Crippen LogP contribution in [0.3, 0.4) is 0 Å². The molecule has 0 saturated heterocycles. The van der Waals surface area contributed by atoms with E-state index in [1.807, 2.05) is 24.3 Å². The number of halogens is 1. The van der Waals surface area contributed by atoms with E-state index in [-0.39, 0.29) is 17.9 Å². The highest BCUT2D eigenvalue weighted by Crippen LogP contribution is 2.18. The van der Waals surface area contributed by atoms with Gasteiger partial charge < -0.3 is 16.3 Å². The Morgan fingerprint density at radius 1 is 1.56 bits per heavy atom. The maximum Gasteiger partial charge on any atom is 0.140 e. The first kappa shape index (κ1) is 14.8. The molecule has 0 bridgehead atoms. The Morgan fingerprint density at radius 2 is 2.28 bits per heavy atom. The second kappa shape index (κ2) is 7.24. The number of nitrogens with zero attached hydrogens (tertiary/aromatic N) is 1. The summed E-state index contributed by atoms with van der Waals surface area (Å²) in [6.45, 7) is 4.13. The van der Waals surface area contributed by atoms with E-state index in [9.17, 15) is 0 Å². The zero-order valence-corrected chi connectivity index (χ0v) is 11.5. The Kier molecular flexibility index (Phi) is 5.95. The molecule has 0 spiro atoms. The van der Waals surface area contributed by atoms with E-state index < -0.39 is 0 Å². The maximum absolute atomic E-state index is 8.58. The molecule has 1 rings (SSSR count). The van der Waals surface area contributed by atoms with Gasteiger partial charge in [-0.3, -0.25) is 0 Å². The summed E-state index contributed by atoms with van der Waals surface area (Å²) in [5.41, 5.74) is 6.65. The van der Waals surface area contributed by atoms with Crippen molar-refractivity contribution in [2.24, 2.45) is 10.9 Å². The summed E-state index contributed by atoms with van der Waals surface area (Å²) in [6.07, 6.45) is 1.43. The van der Waals surface area contributed by atoms with Crippen molar-refractivity contribution >= 4 is 17.4 Å². The fourth-order valence-electron chi connectivity index (χ4n) is 1.84. The van der Waals surface area contributed by atoms with Gasteiger partial charge in [-0.15, -0.1) is 0 Å². The third-order valence-corrected chi connectivity index (χ3v) is 3.15. The van der Waals surface area contributed by atoms with Crippen molar-refractivity contribution in [3.8, 4) is 0 Å². The monoisotopic (exact) mass is 269 g/mol. The van der Waals surface area contributed by atoms with E-state index in [0.29, 0.717) is 6.42 Å². The standard InChI is InChI=1S/C13H20ClN3O/c1-3-12(8-13(15)17-18)16-9(2)10-5-4-6-11(14)7-10/h4-7,9,12,16,18H,3,8H2,1-2H3,(H2,15,17)/t9-,12?/m0/s1. The number of oxime groups is 1. The van der Waals surface area contributed by atoms with Gasteiger partial charge in [0.05, 0.1) is 0 Å². The number of hydrogen-bond acceptors (Lipinski definition) is 3. The average Bonchev–Trinajstić information content (AvgIpc) is 2.37. The first-order valence-electron chi connectivity index (χ1n) is 6.04. The van der Waals surface area contributed by atoms with Crippen LogP contribution in [0.15, 0.2) is 29.4 Å². The highest BCUT2D eigenvalue weighted by atomic mass is 35.5. The van der Waals surface area contributed by atoms with Crippen molar-refractivity contribution in [2.75, 3.05) is 0 Å². The predicted molar refractivity (Wildman–Crippen MR) is 75.1 cm³/mol. The summed E-state index contributed by atoms with van der Waals surface area (Å²) >= 11 is 5.97. The molecule has 0 radical (unpaired) electrons. The van der Waals surface area contributed by atoms with Crippen LogP contribution in [0.2, 0.25) is 5.02 Å². The minimum absolute atomic E-state index is 0.167. The molecule has 0 fully saturated rings. The van der Waals surface area contributed by atoms with Crippen molar-refractivity contribution in [1.29, 1.82) is 0 Å². The molecular formula is C13H20ClN3O. The van der Waals surface area contributed by atoms with Crippen LogP contribution in [0.1, 0.15) is 38.3 Å². The minimum Gasteiger partial charge on any atom is -0.409 e. The van der Waals surface area contributed by atoms with Crippen LogP contribution in [-0.2, 0) is 0 Å². The van der Waals surface area contributed by atoms with Gasteiger partial charge in [-0.2, -0.15) is 0 Å². The van der Waals surface area contributed by atoms with E-state index in [2.05, 4.69) is 24.3 Å². The Balaban J connectivity index is 2.64. The Hall–Kier alpha value is -1.26. The normalized spacial score (nSPS) is 15.4. The van der Waals surface area contributed by atoms with Crippen LogP contribution in [0, 0.1) is 0 Å². The van der Waals surface area contributed by atoms with Crippen molar-refractivity contribution in [1.82, 2.24) is 5.32 Å². The van der Waals surface area contributed by atoms with Gasteiger partial charge in [0.2, 0.25) is 0 Å². The number of hydrogen-bond donors (Lipinski definition) is 3. The molecular weight excluding hydrogens is 250 g/mol. The summed E-state index contributed by atoms with van der Waals surface area (Å²) in [4.78, 5) is 0. The van der Waals surface area contributed by atoms with E-state index in [4.69, 9.17) is 22.5 Å². The molecule has 4 nitrogen and oxygen atoms in total. The summed E-state index contributed by atoms with van der Waals surface area (Å²) < 4.78 is 0. The Bertz CT molecular complexity index is 409. The van der Waals surface area contributed by atoms with Gasteiger partial charge in [0.1, 0.15) is 5.84 Å². The third-order valence-electron chi connectivity index (χ3n) is 2.91. The second-order valence-corrected chi connectivity index (χ2v) is 4.78. The molecule has 5 heteroatoms. The highest BCUT2D eigenvalue weighted by Gasteiger charge is 2.13. The number of nitrogens with two attached hydrogens (primary N) is 1. The zero-order chi connectivity index (χ0) is 13.5. The molecule has 1 aromatic carbocycles. The molecule has 0 amide bonds. The van der Waals surface area contributed by atoms with Crippen LogP contribution < -0.4 is 11.1 Å². The number of benzene rings is 1. The molecule has 0 aromatic heterocycles. The van der Waals surface area contributed by atoms with Crippen LogP contribution in [-0.4, -0.2) is 17.1 Å². The minimum atomic E-state index is 0.167. The largest absolute Gasteiger partial charge is 0.409 e. The molecule has 0 aliphatic rings. The topological polar surface area (TPSA) is 70.6 Å². The summed E-state index contributed by atoms with van der Waals surface area (Å²) in [5.74, 6) is 0.243. The molecule has 0 saturated carbocycles. The summed E-state index contributed by atoms with van der Waals surface area (Å²) in [7, 11) is 0. The van der Waals surface area contributed by atoms with Gasteiger partial charge in [0.25, 0.3) is 0 Å². The van der Waals surface area contributed by atoms with Crippen molar-refractivity contribution in [2.45, 2.75) is 38.8 Å². The van der Waals surface area contributed by atoms with Gasteiger partial charge >= 0.3 is 0 Å². The molecule has 18 heavy (non-hydrogen) atoms. The first-order chi connectivity index (χ1) is 8.56. The average molecular weight is 270 g/mol. The smallest absolute Gasteiger partial charge is 0.140 e. The number of rotatable bonds is 6. The zero-order valence-electron chi connectivity index (χ0n) is 10.7. The number of nitrogens with one attached hydrogen (secondary N) is 1. The molecule has 1 unspecified atom stereocenters. The van der Waals surface area contributed by atoms with Gasteiger partial charge in [-0.1, -0.05) is 35.8 Å². The highest BCUT2D eigenvalue weighted by molar-refractivity contribution is 6.30. The molecule has 4 N–H and O–H groups in total. The second-order valence-electron chi connectivity index (χ2n) is 4.34. The lowest BCUT2D eigenvalue weighted by molar-refractivity contribution is 0.315. The van der Waals surface area contributed by atoms with Gasteiger partial charge in [-0.05, 0) is 31.0 Å². The SMILES string of the molecule is CCC(C/C(N)=N/O)N[C@@H](C)c1cccc(Cl)c1. The van der Waals surface area contributed by atoms with E-state index in [1.165, 1.54) is 0 Å². The maximum atomic E-state index is 8.58. The molecule has 0 aliphatic heterocycles. The van der Waals surface area contributed by atoms with E-state index in [0.717, 1.165) is 17.0 Å². The van der Waals surface area contributed by atoms with Gasteiger partial charge in [0.15, 0.2) is 0 Å².